The van der Waals surface area contributed by atoms with E-state index in [1.165, 1.54) is 38.0 Å². The number of imidazole rings is 1. The maximum atomic E-state index is 6.30. The Bertz CT molecular complexity index is 830. The Labute approximate surface area is 141 Å². The van der Waals surface area contributed by atoms with Gasteiger partial charge in [-0.05, 0) is 68.1 Å². The zero-order chi connectivity index (χ0) is 15.8. The summed E-state index contributed by atoms with van der Waals surface area (Å²) in [5.74, 6) is 0.873. The number of piperidine rings is 1. The van der Waals surface area contributed by atoms with Crippen molar-refractivity contribution in [2.45, 2.75) is 26.2 Å². The number of halogens is 1. The molecule has 0 amide bonds. The largest absolute Gasteiger partial charge is 0.372 e. The van der Waals surface area contributed by atoms with Gasteiger partial charge in [0.25, 0.3) is 0 Å². The predicted molar refractivity (Wildman–Crippen MR) is 97.3 cm³/mol. The number of hydrogen-bond acceptors (Lipinski definition) is 2. The average molecular weight is 326 g/mol. The summed E-state index contributed by atoms with van der Waals surface area (Å²) in [7, 11) is 0. The maximum Gasteiger partial charge on any atom is 0.138 e. The van der Waals surface area contributed by atoms with E-state index < -0.39 is 0 Å². The highest BCUT2D eigenvalue weighted by molar-refractivity contribution is 6.35. The minimum atomic E-state index is 0.701. The molecule has 1 aliphatic rings. The van der Waals surface area contributed by atoms with E-state index in [-0.39, 0.29) is 0 Å². The lowest BCUT2D eigenvalue weighted by Crippen LogP contribution is -2.29. The summed E-state index contributed by atoms with van der Waals surface area (Å²) in [6.07, 6.45) is 3.94. The third-order valence-corrected chi connectivity index (χ3v) is 4.83. The lowest BCUT2D eigenvalue weighted by atomic mass is 10.1. The number of H-pyrrole nitrogens is 1. The molecule has 23 heavy (non-hydrogen) atoms. The van der Waals surface area contributed by atoms with Crippen LogP contribution in [0.3, 0.4) is 0 Å². The highest BCUT2D eigenvalue weighted by Gasteiger charge is 2.12. The maximum absolute atomic E-state index is 6.30. The molecule has 3 nitrogen and oxygen atoms in total. The quantitative estimate of drug-likeness (QED) is 0.703. The van der Waals surface area contributed by atoms with Crippen molar-refractivity contribution in [1.82, 2.24) is 9.97 Å². The van der Waals surface area contributed by atoms with E-state index in [1.54, 1.807) is 0 Å². The molecule has 1 fully saturated rings. The van der Waals surface area contributed by atoms with Gasteiger partial charge in [0.1, 0.15) is 11.3 Å². The van der Waals surface area contributed by atoms with Crippen LogP contribution in [0.1, 0.15) is 24.8 Å². The number of anilines is 1. The number of aromatic amines is 1. The van der Waals surface area contributed by atoms with Crippen molar-refractivity contribution in [2.75, 3.05) is 18.0 Å². The average Bonchev–Trinajstić information content (AvgIpc) is 3.00. The Kier molecular flexibility index (Phi) is 3.74. The van der Waals surface area contributed by atoms with Crippen LogP contribution >= 0.6 is 11.6 Å². The van der Waals surface area contributed by atoms with Crippen LogP contribution < -0.4 is 4.90 Å². The SMILES string of the molecule is Cc1cc(Cl)c2nc(-c3ccc(N4CCCCC4)cc3)[nH]c2c1. The summed E-state index contributed by atoms with van der Waals surface area (Å²) in [5.41, 5.74) is 5.37. The first-order valence-electron chi connectivity index (χ1n) is 8.22. The molecule has 4 heteroatoms. The number of rotatable bonds is 2. The molecule has 0 bridgehead atoms. The molecule has 0 saturated carbocycles. The van der Waals surface area contributed by atoms with Gasteiger partial charge in [-0.15, -0.1) is 0 Å². The number of aromatic nitrogens is 2. The van der Waals surface area contributed by atoms with Gasteiger partial charge in [-0.1, -0.05) is 11.6 Å². The van der Waals surface area contributed by atoms with Crippen LogP contribution in [-0.2, 0) is 0 Å². The van der Waals surface area contributed by atoms with Crippen molar-refractivity contribution >= 4 is 28.3 Å². The summed E-state index contributed by atoms with van der Waals surface area (Å²) < 4.78 is 0. The molecule has 0 radical (unpaired) electrons. The summed E-state index contributed by atoms with van der Waals surface area (Å²) >= 11 is 6.30. The topological polar surface area (TPSA) is 31.9 Å². The number of nitrogens with one attached hydrogen (secondary N) is 1. The van der Waals surface area contributed by atoms with Crippen molar-refractivity contribution in [3.05, 3.63) is 47.0 Å². The van der Waals surface area contributed by atoms with Gasteiger partial charge in [-0.2, -0.15) is 0 Å². The molecule has 4 rings (SSSR count). The zero-order valence-corrected chi connectivity index (χ0v) is 14.0. The van der Waals surface area contributed by atoms with E-state index in [1.807, 2.05) is 13.0 Å². The Morgan fingerprint density at radius 1 is 1.04 bits per heavy atom. The number of aryl methyl sites for hydroxylation is 1. The van der Waals surface area contributed by atoms with E-state index in [0.717, 1.165) is 28.0 Å². The highest BCUT2D eigenvalue weighted by atomic mass is 35.5. The van der Waals surface area contributed by atoms with Crippen LogP contribution in [0, 0.1) is 6.92 Å². The van der Waals surface area contributed by atoms with Gasteiger partial charge in [0.05, 0.1) is 10.5 Å². The van der Waals surface area contributed by atoms with Crippen molar-refractivity contribution < 1.29 is 0 Å². The Hall–Kier alpha value is -2.00. The van der Waals surface area contributed by atoms with E-state index in [4.69, 9.17) is 11.6 Å². The van der Waals surface area contributed by atoms with Crippen LogP contribution in [0.5, 0.6) is 0 Å². The second-order valence-corrected chi connectivity index (χ2v) is 6.73. The standard InChI is InChI=1S/C19H20ClN3/c1-13-11-16(20)18-17(12-13)21-19(22-18)14-5-7-15(8-6-14)23-9-3-2-4-10-23/h5-8,11-12H,2-4,9-10H2,1H3,(H,21,22). The first kappa shape index (κ1) is 14.6. The van der Waals surface area contributed by atoms with E-state index in [9.17, 15) is 0 Å². The van der Waals surface area contributed by atoms with Gasteiger partial charge in [0, 0.05) is 24.3 Å². The Morgan fingerprint density at radius 3 is 2.52 bits per heavy atom. The lowest BCUT2D eigenvalue weighted by Gasteiger charge is -2.28. The Balaban J connectivity index is 1.66. The third kappa shape index (κ3) is 2.81. The van der Waals surface area contributed by atoms with Crippen molar-refractivity contribution in [2.24, 2.45) is 0 Å². The van der Waals surface area contributed by atoms with Crippen LogP contribution in [0.15, 0.2) is 36.4 Å². The van der Waals surface area contributed by atoms with Crippen LogP contribution in [-0.4, -0.2) is 23.1 Å². The molecule has 2 aromatic carbocycles. The molecular weight excluding hydrogens is 306 g/mol. The van der Waals surface area contributed by atoms with Crippen molar-refractivity contribution in [1.29, 1.82) is 0 Å². The summed E-state index contributed by atoms with van der Waals surface area (Å²) in [5, 5.41) is 0.701. The van der Waals surface area contributed by atoms with Crippen molar-refractivity contribution in [3.8, 4) is 11.4 Å². The minimum Gasteiger partial charge on any atom is -0.372 e. The van der Waals surface area contributed by atoms with Gasteiger partial charge in [-0.25, -0.2) is 4.98 Å². The normalized spacial score (nSPS) is 15.3. The molecule has 118 valence electrons. The molecule has 0 atom stereocenters. The first-order chi connectivity index (χ1) is 11.2. The van der Waals surface area contributed by atoms with Gasteiger partial charge in [0.2, 0.25) is 0 Å². The van der Waals surface area contributed by atoms with Crippen LogP contribution in [0.25, 0.3) is 22.4 Å². The molecule has 1 aliphatic heterocycles. The van der Waals surface area contributed by atoms with Gasteiger partial charge in [-0.3, -0.25) is 0 Å². The van der Waals surface area contributed by atoms with Crippen LogP contribution in [0.4, 0.5) is 5.69 Å². The van der Waals surface area contributed by atoms with E-state index in [2.05, 4.69) is 45.2 Å². The van der Waals surface area contributed by atoms with Crippen molar-refractivity contribution in [3.63, 3.8) is 0 Å². The minimum absolute atomic E-state index is 0.701. The van der Waals surface area contributed by atoms with E-state index >= 15 is 0 Å². The fraction of sp³-hybridized carbons (Fsp3) is 0.316. The zero-order valence-electron chi connectivity index (χ0n) is 13.3. The molecule has 0 spiro atoms. The van der Waals surface area contributed by atoms with Gasteiger partial charge >= 0.3 is 0 Å². The highest BCUT2D eigenvalue weighted by Crippen LogP contribution is 2.28. The lowest BCUT2D eigenvalue weighted by molar-refractivity contribution is 0.578. The Morgan fingerprint density at radius 2 is 1.78 bits per heavy atom. The molecule has 0 unspecified atom stereocenters. The first-order valence-corrected chi connectivity index (χ1v) is 8.60. The van der Waals surface area contributed by atoms with Gasteiger partial charge in [0.15, 0.2) is 0 Å². The van der Waals surface area contributed by atoms with Gasteiger partial charge < -0.3 is 9.88 Å². The second-order valence-electron chi connectivity index (χ2n) is 6.32. The smallest absolute Gasteiger partial charge is 0.138 e. The van der Waals surface area contributed by atoms with E-state index in [0.29, 0.717) is 5.02 Å². The number of hydrogen-bond donors (Lipinski definition) is 1. The third-order valence-electron chi connectivity index (χ3n) is 4.55. The van der Waals surface area contributed by atoms with Crippen LogP contribution in [0.2, 0.25) is 5.02 Å². The molecule has 1 saturated heterocycles. The fourth-order valence-electron chi connectivity index (χ4n) is 3.33. The predicted octanol–water partition coefficient (Wildman–Crippen LogP) is 5.18. The molecule has 2 heterocycles. The summed E-state index contributed by atoms with van der Waals surface area (Å²) in [4.78, 5) is 10.5. The molecule has 3 aromatic rings. The number of nitrogens with zero attached hydrogens (tertiary/aromatic N) is 2. The number of benzene rings is 2. The molecule has 1 N–H and O–H groups in total. The number of fused-ring (bicyclic) bond motifs is 1. The molecular formula is C19H20ClN3. The summed E-state index contributed by atoms with van der Waals surface area (Å²) in [6, 6.07) is 12.7. The second kappa shape index (κ2) is 5.89. The summed E-state index contributed by atoms with van der Waals surface area (Å²) in [6.45, 7) is 4.37. The molecule has 0 aliphatic carbocycles. The monoisotopic (exact) mass is 325 g/mol. The molecule has 1 aromatic heterocycles. The fourth-order valence-corrected chi connectivity index (χ4v) is 3.65.